The molecule has 0 atom stereocenters. The topological polar surface area (TPSA) is 0 Å². The van der Waals surface area contributed by atoms with Gasteiger partial charge in [-0.1, -0.05) is 0 Å². The van der Waals surface area contributed by atoms with Crippen molar-refractivity contribution in [2.45, 2.75) is 17.8 Å². The zero-order chi connectivity index (χ0) is 6.41. The SMILES string of the molecule is C=C[Te+](C=C)CCC. The molecule has 46 valence electrons. The van der Waals surface area contributed by atoms with Crippen molar-refractivity contribution in [1.29, 1.82) is 0 Å². The Hall–Kier alpha value is 0.270. The van der Waals surface area contributed by atoms with E-state index in [4.69, 9.17) is 0 Å². The summed E-state index contributed by atoms with van der Waals surface area (Å²) >= 11 is -0.931. The fraction of sp³-hybridized carbons (Fsp3) is 0.429. The van der Waals surface area contributed by atoms with Crippen LogP contribution >= 0.6 is 0 Å². The molecule has 0 aliphatic carbocycles. The van der Waals surface area contributed by atoms with Crippen molar-refractivity contribution in [3.8, 4) is 0 Å². The van der Waals surface area contributed by atoms with Crippen molar-refractivity contribution < 1.29 is 0 Å². The summed E-state index contributed by atoms with van der Waals surface area (Å²) in [7, 11) is 0. The van der Waals surface area contributed by atoms with Gasteiger partial charge in [0.25, 0.3) is 0 Å². The molecule has 0 saturated carbocycles. The second-order valence-electron chi connectivity index (χ2n) is 1.51. The van der Waals surface area contributed by atoms with Crippen LogP contribution in [0.15, 0.2) is 21.4 Å². The molecule has 0 spiro atoms. The Morgan fingerprint density at radius 3 is 2.00 bits per heavy atom. The average molecular weight is 225 g/mol. The normalized spacial score (nSPS) is 9.25. The Morgan fingerprint density at radius 2 is 1.88 bits per heavy atom. The van der Waals surface area contributed by atoms with Gasteiger partial charge in [-0.25, -0.2) is 0 Å². The van der Waals surface area contributed by atoms with Crippen molar-refractivity contribution >= 4 is 19.6 Å². The Kier molecular flexibility index (Phi) is 5.59. The van der Waals surface area contributed by atoms with Crippen LogP contribution < -0.4 is 0 Å². The van der Waals surface area contributed by atoms with Gasteiger partial charge in [-0.3, -0.25) is 0 Å². The molecule has 8 heavy (non-hydrogen) atoms. The molecule has 0 N–H and O–H groups in total. The summed E-state index contributed by atoms with van der Waals surface area (Å²) in [6.45, 7) is 9.72. The second-order valence-corrected chi connectivity index (χ2v) is 7.25. The van der Waals surface area contributed by atoms with Crippen LogP contribution in [0.4, 0.5) is 0 Å². The van der Waals surface area contributed by atoms with Crippen LogP contribution in [0, 0.1) is 0 Å². The van der Waals surface area contributed by atoms with E-state index in [-0.39, 0.29) is 0 Å². The van der Waals surface area contributed by atoms with Gasteiger partial charge in [0.1, 0.15) is 0 Å². The summed E-state index contributed by atoms with van der Waals surface area (Å²) in [5.74, 6) is 0. The summed E-state index contributed by atoms with van der Waals surface area (Å²) < 4.78 is 5.58. The molecule has 1 heteroatoms. The maximum atomic E-state index is 3.75. The molecule has 0 aromatic rings. The van der Waals surface area contributed by atoms with Crippen LogP contribution in [0.25, 0.3) is 0 Å². The zero-order valence-electron chi connectivity index (χ0n) is 5.39. The van der Waals surface area contributed by atoms with Gasteiger partial charge < -0.3 is 0 Å². The molecule has 0 fully saturated rings. The van der Waals surface area contributed by atoms with Gasteiger partial charge in [-0.05, 0) is 0 Å². The standard InChI is InChI=1S/C7H13Te/c1-4-7-8(5-2)6-3/h5-6H,2-4,7H2,1H3/q+1. The minimum atomic E-state index is -0.931. The zero-order valence-corrected chi connectivity index (χ0v) is 7.72. The van der Waals surface area contributed by atoms with E-state index in [2.05, 4.69) is 28.3 Å². The fourth-order valence-corrected chi connectivity index (χ4v) is 3.16. The molecule has 0 aliphatic rings. The van der Waals surface area contributed by atoms with E-state index < -0.39 is 19.6 Å². The summed E-state index contributed by atoms with van der Waals surface area (Å²) in [6, 6.07) is 0. The first kappa shape index (κ1) is 8.27. The van der Waals surface area contributed by atoms with E-state index in [0.29, 0.717) is 0 Å². The van der Waals surface area contributed by atoms with Crippen molar-refractivity contribution in [2.75, 3.05) is 0 Å². The summed E-state index contributed by atoms with van der Waals surface area (Å²) in [5, 5.41) is 0. The van der Waals surface area contributed by atoms with Gasteiger partial charge in [-0.15, -0.1) is 0 Å². The van der Waals surface area contributed by atoms with E-state index in [9.17, 15) is 0 Å². The van der Waals surface area contributed by atoms with Gasteiger partial charge in [0, 0.05) is 0 Å². The Balaban J connectivity index is 3.35. The predicted molar refractivity (Wildman–Crippen MR) is 41.2 cm³/mol. The first-order valence-electron chi connectivity index (χ1n) is 2.78. The third kappa shape index (κ3) is 3.29. The Labute approximate surface area is 58.9 Å². The van der Waals surface area contributed by atoms with Gasteiger partial charge in [0.15, 0.2) is 0 Å². The van der Waals surface area contributed by atoms with Crippen LogP contribution in [-0.2, 0) is 0 Å². The van der Waals surface area contributed by atoms with Gasteiger partial charge in [-0.2, -0.15) is 0 Å². The molecular formula is C7H13Te+. The van der Waals surface area contributed by atoms with E-state index in [1.54, 1.807) is 0 Å². The number of hydrogen-bond donors (Lipinski definition) is 0. The quantitative estimate of drug-likeness (QED) is 0.644. The molecule has 0 saturated heterocycles. The summed E-state index contributed by atoms with van der Waals surface area (Å²) in [6.07, 6.45) is 1.29. The van der Waals surface area contributed by atoms with Crippen molar-refractivity contribution in [3.05, 3.63) is 21.4 Å². The van der Waals surface area contributed by atoms with Crippen molar-refractivity contribution in [1.82, 2.24) is 0 Å². The number of rotatable bonds is 4. The monoisotopic (exact) mass is 227 g/mol. The fourth-order valence-electron chi connectivity index (χ4n) is 0.470. The van der Waals surface area contributed by atoms with Crippen molar-refractivity contribution in [3.63, 3.8) is 0 Å². The van der Waals surface area contributed by atoms with Crippen molar-refractivity contribution in [2.24, 2.45) is 0 Å². The molecule has 0 radical (unpaired) electrons. The maximum absolute atomic E-state index is 3.75. The third-order valence-electron chi connectivity index (χ3n) is 0.868. The van der Waals surface area contributed by atoms with Crippen LogP contribution in [0.1, 0.15) is 13.3 Å². The first-order chi connectivity index (χ1) is 3.85. The van der Waals surface area contributed by atoms with Crippen LogP contribution in [0.3, 0.4) is 0 Å². The molecule has 0 aliphatic heterocycles. The van der Waals surface area contributed by atoms with E-state index in [0.717, 1.165) is 0 Å². The van der Waals surface area contributed by atoms with Gasteiger partial charge in [0.2, 0.25) is 0 Å². The van der Waals surface area contributed by atoms with Crippen LogP contribution in [0.5, 0.6) is 0 Å². The molecule has 0 nitrogen and oxygen atoms in total. The molecule has 0 amide bonds. The molecule has 0 bridgehead atoms. The Morgan fingerprint density at radius 1 is 1.38 bits per heavy atom. The third-order valence-corrected chi connectivity index (χ3v) is 5.82. The van der Waals surface area contributed by atoms with Gasteiger partial charge in [0.05, 0.1) is 0 Å². The molecule has 0 aromatic carbocycles. The molecular weight excluding hydrogens is 212 g/mol. The first-order valence-corrected chi connectivity index (χ1v) is 7.12. The predicted octanol–water partition coefficient (Wildman–Crippen LogP) is 2.34. The molecule has 0 heterocycles. The second kappa shape index (κ2) is 5.41. The minimum absolute atomic E-state index is 0.931. The average Bonchev–Trinajstić information content (AvgIpc) is 1.83. The summed E-state index contributed by atoms with van der Waals surface area (Å²) in [4.78, 5) is 0. The van der Waals surface area contributed by atoms with Crippen LogP contribution in [-0.4, -0.2) is 19.6 Å². The molecule has 0 unspecified atom stereocenters. The number of hydrogen-bond acceptors (Lipinski definition) is 0. The van der Waals surface area contributed by atoms with E-state index in [1.165, 1.54) is 10.9 Å². The van der Waals surface area contributed by atoms with Gasteiger partial charge >= 0.3 is 58.8 Å². The molecule has 0 aromatic heterocycles. The summed E-state index contributed by atoms with van der Waals surface area (Å²) in [5.41, 5.74) is 0. The van der Waals surface area contributed by atoms with Crippen LogP contribution in [0.2, 0.25) is 4.47 Å². The van der Waals surface area contributed by atoms with E-state index in [1.807, 2.05) is 0 Å². The van der Waals surface area contributed by atoms with E-state index >= 15 is 0 Å². The Bertz CT molecular complexity index is 68.5. The molecule has 0 rings (SSSR count).